The van der Waals surface area contributed by atoms with Gasteiger partial charge in [-0.15, -0.1) is 0 Å². The number of rotatable bonds is 7. The molecular formula is C22H35N3O. The van der Waals surface area contributed by atoms with Crippen LogP contribution in [0.25, 0.3) is 0 Å². The molecule has 144 valence electrons. The number of likely N-dealkylation sites (tertiary alicyclic amines) is 1. The molecule has 0 aromatic heterocycles. The van der Waals surface area contributed by atoms with Gasteiger partial charge in [0, 0.05) is 26.1 Å². The number of piperidine rings is 1. The maximum atomic E-state index is 12.0. The van der Waals surface area contributed by atoms with E-state index >= 15 is 0 Å². The van der Waals surface area contributed by atoms with Crippen LogP contribution in [-0.4, -0.2) is 73.5 Å². The van der Waals surface area contributed by atoms with Crippen LogP contribution in [0.1, 0.15) is 37.3 Å². The monoisotopic (exact) mass is 357 g/mol. The van der Waals surface area contributed by atoms with Crippen molar-refractivity contribution in [3.8, 4) is 0 Å². The Morgan fingerprint density at radius 1 is 1.08 bits per heavy atom. The van der Waals surface area contributed by atoms with Gasteiger partial charge in [-0.2, -0.15) is 0 Å². The third kappa shape index (κ3) is 5.08. The second-order valence-corrected chi connectivity index (χ2v) is 8.43. The highest BCUT2D eigenvalue weighted by Crippen LogP contribution is 2.29. The number of hydrogen-bond donors (Lipinski definition) is 0. The SMILES string of the molecule is CC(=O)N(CCCN(C)C)CC1CCN(C2Cc3ccccc3C2)CC1. The molecule has 0 N–H and O–H groups in total. The Kier molecular flexibility index (Phi) is 6.71. The van der Waals surface area contributed by atoms with Crippen LogP contribution in [0.4, 0.5) is 0 Å². The summed E-state index contributed by atoms with van der Waals surface area (Å²) in [5.41, 5.74) is 3.09. The molecule has 1 aliphatic carbocycles. The van der Waals surface area contributed by atoms with E-state index in [0.717, 1.165) is 26.1 Å². The van der Waals surface area contributed by atoms with Crippen LogP contribution in [0.15, 0.2) is 24.3 Å². The predicted octanol–water partition coefficient (Wildman–Crippen LogP) is 2.67. The first-order valence-corrected chi connectivity index (χ1v) is 10.2. The lowest BCUT2D eigenvalue weighted by Crippen LogP contribution is -2.45. The van der Waals surface area contributed by atoms with Gasteiger partial charge in [0.25, 0.3) is 0 Å². The number of carbonyl (C=O) groups is 1. The third-order valence-corrected chi connectivity index (χ3v) is 6.15. The van der Waals surface area contributed by atoms with Crippen molar-refractivity contribution >= 4 is 5.91 Å². The molecule has 4 nitrogen and oxygen atoms in total. The summed E-state index contributed by atoms with van der Waals surface area (Å²) in [6.45, 7) is 6.98. The number of benzene rings is 1. The molecule has 1 heterocycles. The van der Waals surface area contributed by atoms with Gasteiger partial charge in [-0.25, -0.2) is 0 Å². The van der Waals surface area contributed by atoms with Crippen LogP contribution in [0, 0.1) is 5.92 Å². The lowest BCUT2D eigenvalue weighted by molar-refractivity contribution is -0.129. The zero-order chi connectivity index (χ0) is 18.5. The van der Waals surface area contributed by atoms with Gasteiger partial charge in [-0.3, -0.25) is 9.69 Å². The van der Waals surface area contributed by atoms with Crippen LogP contribution in [0.3, 0.4) is 0 Å². The quantitative estimate of drug-likeness (QED) is 0.751. The normalized spacial score (nSPS) is 19.1. The van der Waals surface area contributed by atoms with Crippen molar-refractivity contribution in [2.75, 3.05) is 46.8 Å². The highest BCUT2D eigenvalue weighted by Gasteiger charge is 2.30. The van der Waals surface area contributed by atoms with Crippen molar-refractivity contribution in [1.82, 2.24) is 14.7 Å². The van der Waals surface area contributed by atoms with Crippen molar-refractivity contribution in [1.29, 1.82) is 0 Å². The van der Waals surface area contributed by atoms with Crippen LogP contribution in [-0.2, 0) is 17.6 Å². The standard InChI is InChI=1S/C22H35N3O/c1-18(26)25(12-6-11-23(2)3)17-19-9-13-24(14-10-19)22-15-20-7-4-5-8-21(20)16-22/h4-5,7-8,19,22H,6,9-17H2,1-3H3. The Hall–Kier alpha value is -1.39. The molecule has 2 aliphatic rings. The number of carbonyl (C=O) groups excluding carboxylic acids is 1. The van der Waals surface area contributed by atoms with Crippen molar-refractivity contribution in [2.45, 2.75) is 45.1 Å². The first kappa shape index (κ1) is 19.4. The summed E-state index contributed by atoms with van der Waals surface area (Å²) >= 11 is 0. The van der Waals surface area contributed by atoms with Crippen molar-refractivity contribution in [3.63, 3.8) is 0 Å². The molecule has 1 aliphatic heterocycles. The Labute approximate surface area is 159 Å². The van der Waals surface area contributed by atoms with E-state index in [-0.39, 0.29) is 5.91 Å². The molecule has 0 bridgehead atoms. The van der Waals surface area contributed by atoms with E-state index in [1.165, 1.54) is 38.8 Å². The molecule has 1 aromatic carbocycles. The summed E-state index contributed by atoms with van der Waals surface area (Å²) in [5, 5.41) is 0. The highest BCUT2D eigenvalue weighted by molar-refractivity contribution is 5.73. The number of amides is 1. The minimum Gasteiger partial charge on any atom is -0.343 e. The van der Waals surface area contributed by atoms with Gasteiger partial charge in [0.15, 0.2) is 0 Å². The fraction of sp³-hybridized carbons (Fsp3) is 0.682. The molecule has 3 rings (SSSR count). The first-order chi connectivity index (χ1) is 12.5. The Morgan fingerprint density at radius 3 is 2.23 bits per heavy atom. The van der Waals surface area contributed by atoms with E-state index in [4.69, 9.17) is 0 Å². The molecule has 1 saturated heterocycles. The van der Waals surface area contributed by atoms with E-state index in [0.29, 0.717) is 12.0 Å². The average Bonchev–Trinajstić information content (AvgIpc) is 3.05. The largest absolute Gasteiger partial charge is 0.343 e. The van der Waals surface area contributed by atoms with E-state index < -0.39 is 0 Å². The smallest absolute Gasteiger partial charge is 0.219 e. The molecule has 0 radical (unpaired) electrons. The molecule has 26 heavy (non-hydrogen) atoms. The highest BCUT2D eigenvalue weighted by atomic mass is 16.2. The summed E-state index contributed by atoms with van der Waals surface area (Å²) < 4.78 is 0. The number of fused-ring (bicyclic) bond motifs is 1. The van der Waals surface area contributed by atoms with Crippen molar-refractivity contribution in [2.24, 2.45) is 5.92 Å². The summed E-state index contributed by atoms with van der Waals surface area (Å²) in [4.78, 5) is 19.0. The molecule has 0 atom stereocenters. The lowest BCUT2D eigenvalue weighted by Gasteiger charge is -2.37. The Morgan fingerprint density at radius 2 is 1.69 bits per heavy atom. The summed E-state index contributed by atoms with van der Waals surface area (Å²) in [6.07, 6.45) is 5.94. The molecule has 1 amide bonds. The zero-order valence-corrected chi connectivity index (χ0v) is 16.8. The zero-order valence-electron chi connectivity index (χ0n) is 16.8. The topological polar surface area (TPSA) is 26.8 Å². The number of nitrogens with zero attached hydrogens (tertiary/aromatic N) is 3. The van der Waals surface area contributed by atoms with Gasteiger partial charge in [-0.05, 0) is 82.9 Å². The van der Waals surface area contributed by atoms with Crippen LogP contribution >= 0.6 is 0 Å². The Bertz CT molecular complexity index is 568. The molecule has 1 aromatic rings. The van der Waals surface area contributed by atoms with E-state index in [2.05, 4.69) is 53.1 Å². The van der Waals surface area contributed by atoms with Crippen LogP contribution in [0.2, 0.25) is 0 Å². The average molecular weight is 358 g/mol. The van der Waals surface area contributed by atoms with Gasteiger partial charge in [-0.1, -0.05) is 24.3 Å². The summed E-state index contributed by atoms with van der Waals surface area (Å²) in [7, 11) is 4.18. The van der Waals surface area contributed by atoms with E-state index in [9.17, 15) is 4.79 Å². The predicted molar refractivity (Wildman–Crippen MR) is 107 cm³/mol. The van der Waals surface area contributed by atoms with Gasteiger partial charge < -0.3 is 9.80 Å². The van der Waals surface area contributed by atoms with Crippen molar-refractivity contribution < 1.29 is 4.79 Å². The van der Waals surface area contributed by atoms with E-state index in [1.807, 2.05) is 0 Å². The van der Waals surface area contributed by atoms with Gasteiger partial charge in [0.05, 0.1) is 0 Å². The number of hydrogen-bond acceptors (Lipinski definition) is 3. The van der Waals surface area contributed by atoms with E-state index in [1.54, 1.807) is 18.1 Å². The van der Waals surface area contributed by atoms with Gasteiger partial charge >= 0.3 is 0 Å². The van der Waals surface area contributed by atoms with Gasteiger partial charge in [0.1, 0.15) is 0 Å². The molecule has 1 fully saturated rings. The summed E-state index contributed by atoms with van der Waals surface area (Å²) in [5.74, 6) is 0.899. The fourth-order valence-corrected chi connectivity index (χ4v) is 4.56. The molecular weight excluding hydrogens is 322 g/mol. The Balaban J connectivity index is 1.44. The third-order valence-electron chi connectivity index (χ3n) is 6.15. The second-order valence-electron chi connectivity index (χ2n) is 8.43. The maximum absolute atomic E-state index is 12.0. The van der Waals surface area contributed by atoms with Crippen LogP contribution in [0.5, 0.6) is 0 Å². The minimum atomic E-state index is 0.234. The lowest BCUT2D eigenvalue weighted by atomic mass is 9.94. The molecule has 0 unspecified atom stereocenters. The first-order valence-electron chi connectivity index (χ1n) is 10.2. The minimum absolute atomic E-state index is 0.234. The fourth-order valence-electron chi connectivity index (χ4n) is 4.56. The summed E-state index contributed by atoms with van der Waals surface area (Å²) in [6, 6.07) is 9.61. The molecule has 4 heteroatoms. The molecule has 0 saturated carbocycles. The second kappa shape index (κ2) is 9.01. The molecule has 0 spiro atoms. The van der Waals surface area contributed by atoms with Gasteiger partial charge in [0.2, 0.25) is 5.91 Å². The van der Waals surface area contributed by atoms with Crippen LogP contribution < -0.4 is 0 Å². The van der Waals surface area contributed by atoms with Crippen molar-refractivity contribution in [3.05, 3.63) is 35.4 Å². The maximum Gasteiger partial charge on any atom is 0.219 e.